The number of carbonyl (C=O) groups is 2. The van der Waals surface area contributed by atoms with E-state index in [4.69, 9.17) is 9.84 Å². The summed E-state index contributed by atoms with van der Waals surface area (Å²) >= 11 is 0. The minimum absolute atomic E-state index is 0.105. The zero-order valence-electron chi connectivity index (χ0n) is 13.4. The molecular formula is C17H19N3O4. The Hall–Kier alpha value is -2.67. The van der Waals surface area contributed by atoms with E-state index in [9.17, 15) is 9.59 Å². The van der Waals surface area contributed by atoms with Crippen molar-refractivity contribution in [1.82, 2.24) is 14.7 Å². The molecule has 24 heavy (non-hydrogen) atoms. The molecule has 3 rings (SSSR count). The van der Waals surface area contributed by atoms with Crippen molar-refractivity contribution in [3.8, 4) is 5.69 Å². The number of carboxylic acid groups (broad SMARTS) is 1. The highest BCUT2D eigenvalue weighted by Crippen LogP contribution is 2.18. The van der Waals surface area contributed by atoms with Crippen LogP contribution in [0.25, 0.3) is 5.69 Å². The molecule has 1 atom stereocenters. The average Bonchev–Trinajstić information content (AvgIpc) is 2.96. The van der Waals surface area contributed by atoms with Crippen LogP contribution in [0.4, 0.5) is 0 Å². The van der Waals surface area contributed by atoms with Gasteiger partial charge in [-0.05, 0) is 19.1 Å². The number of rotatable bonds is 4. The van der Waals surface area contributed by atoms with E-state index in [0.29, 0.717) is 18.7 Å². The number of carbonyl (C=O) groups excluding carboxylic acids is 1. The first-order chi connectivity index (χ1) is 11.6. The molecule has 2 aromatic rings. The van der Waals surface area contributed by atoms with Gasteiger partial charge in [0.2, 0.25) is 0 Å². The lowest BCUT2D eigenvalue weighted by atomic mass is 10.1. The lowest BCUT2D eigenvalue weighted by Crippen LogP contribution is -2.46. The van der Waals surface area contributed by atoms with Crippen LogP contribution in [-0.2, 0) is 9.53 Å². The van der Waals surface area contributed by atoms with Gasteiger partial charge in [0.1, 0.15) is 0 Å². The Labute approximate surface area is 139 Å². The van der Waals surface area contributed by atoms with Crippen molar-refractivity contribution < 1.29 is 19.4 Å². The topological polar surface area (TPSA) is 84.7 Å². The highest BCUT2D eigenvalue weighted by Gasteiger charge is 2.28. The van der Waals surface area contributed by atoms with Gasteiger partial charge in [-0.1, -0.05) is 18.2 Å². The third-order valence-electron chi connectivity index (χ3n) is 4.07. The summed E-state index contributed by atoms with van der Waals surface area (Å²) in [6.07, 6.45) is 0.989. The van der Waals surface area contributed by atoms with E-state index in [2.05, 4.69) is 5.10 Å². The zero-order chi connectivity index (χ0) is 17.1. The smallest absolute Gasteiger partial charge is 0.306 e. The molecule has 0 saturated carbocycles. The van der Waals surface area contributed by atoms with Gasteiger partial charge in [-0.3, -0.25) is 9.59 Å². The van der Waals surface area contributed by atoms with Gasteiger partial charge < -0.3 is 14.7 Å². The first kappa shape index (κ1) is 16.2. The third-order valence-corrected chi connectivity index (χ3v) is 4.07. The van der Waals surface area contributed by atoms with E-state index in [1.807, 2.05) is 37.3 Å². The van der Waals surface area contributed by atoms with Crippen LogP contribution < -0.4 is 0 Å². The van der Waals surface area contributed by atoms with E-state index in [1.54, 1.807) is 15.8 Å². The van der Waals surface area contributed by atoms with Gasteiger partial charge in [-0.15, -0.1) is 0 Å². The van der Waals surface area contributed by atoms with E-state index in [0.717, 1.165) is 11.4 Å². The highest BCUT2D eigenvalue weighted by molar-refractivity contribution is 5.95. The zero-order valence-corrected chi connectivity index (χ0v) is 13.4. The third kappa shape index (κ3) is 3.30. The molecule has 0 spiro atoms. The molecule has 1 aliphatic rings. The number of nitrogens with zero attached hydrogens (tertiary/aromatic N) is 3. The van der Waals surface area contributed by atoms with Gasteiger partial charge in [-0.2, -0.15) is 5.10 Å². The van der Waals surface area contributed by atoms with E-state index in [1.165, 1.54) is 0 Å². The first-order valence-corrected chi connectivity index (χ1v) is 7.79. The molecule has 1 aromatic carbocycles. The van der Waals surface area contributed by atoms with Gasteiger partial charge >= 0.3 is 5.97 Å². The Bertz CT molecular complexity index is 742. The number of ether oxygens (including phenoxy) is 1. The number of hydrogen-bond donors (Lipinski definition) is 1. The van der Waals surface area contributed by atoms with Crippen LogP contribution in [0.3, 0.4) is 0 Å². The predicted molar refractivity (Wildman–Crippen MR) is 86.2 cm³/mol. The monoisotopic (exact) mass is 329 g/mol. The average molecular weight is 329 g/mol. The molecule has 1 aliphatic heterocycles. The maximum Gasteiger partial charge on any atom is 0.306 e. The number of hydrogen-bond acceptors (Lipinski definition) is 4. The van der Waals surface area contributed by atoms with Crippen LogP contribution in [0.15, 0.2) is 36.5 Å². The second-order valence-corrected chi connectivity index (χ2v) is 5.73. The fraction of sp³-hybridized carbons (Fsp3) is 0.353. The summed E-state index contributed by atoms with van der Waals surface area (Å²) < 4.78 is 7.14. The standard InChI is InChI=1S/C17H19N3O4/c1-12-15(10-18-20(12)13-5-3-2-4-6-13)17(23)19-7-8-24-14(11-19)9-16(21)22/h2-6,10,14H,7-9,11H2,1H3,(H,21,22). The molecule has 0 bridgehead atoms. The van der Waals surface area contributed by atoms with E-state index < -0.39 is 12.1 Å². The van der Waals surface area contributed by atoms with Crippen molar-refractivity contribution in [3.05, 3.63) is 47.8 Å². The Morgan fingerprint density at radius 2 is 2.08 bits per heavy atom. The summed E-state index contributed by atoms with van der Waals surface area (Å²) in [6, 6.07) is 9.59. The second kappa shape index (κ2) is 6.84. The number of amides is 1. The Balaban J connectivity index is 1.78. The molecule has 7 heteroatoms. The van der Waals surface area contributed by atoms with Crippen LogP contribution in [0.1, 0.15) is 22.5 Å². The van der Waals surface area contributed by atoms with Gasteiger partial charge in [-0.25, -0.2) is 4.68 Å². The lowest BCUT2D eigenvalue weighted by Gasteiger charge is -2.32. The molecule has 0 radical (unpaired) electrons. The minimum atomic E-state index is -0.928. The summed E-state index contributed by atoms with van der Waals surface area (Å²) in [5.74, 6) is -1.07. The molecule has 126 valence electrons. The van der Waals surface area contributed by atoms with Crippen molar-refractivity contribution in [1.29, 1.82) is 0 Å². The van der Waals surface area contributed by atoms with Crippen molar-refractivity contribution in [2.75, 3.05) is 19.7 Å². The summed E-state index contributed by atoms with van der Waals surface area (Å²) in [5, 5.41) is 13.2. The molecular weight excluding hydrogens is 310 g/mol. The van der Waals surface area contributed by atoms with Crippen molar-refractivity contribution in [2.24, 2.45) is 0 Å². The molecule has 1 aromatic heterocycles. The van der Waals surface area contributed by atoms with Gasteiger partial charge in [0.15, 0.2) is 0 Å². The summed E-state index contributed by atoms with van der Waals surface area (Å²) in [6.45, 7) is 2.92. The van der Waals surface area contributed by atoms with Crippen LogP contribution in [0.2, 0.25) is 0 Å². The van der Waals surface area contributed by atoms with Crippen LogP contribution >= 0.6 is 0 Å². The maximum absolute atomic E-state index is 12.8. The number of para-hydroxylation sites is 1. The minimum Gasteiger partial charge on any atom is -0.481 e. The summed E-state index contributed by atoms with van der Waals surface area (Å²) in [7, 11) is 0. The van der Waals surface area contributed by atoms with Crippen LogP contribution in [0.5, 0.6) is 0 Å². The molecule has 0 aliphatic carbocycles. The number of aliphatic carboxylic acids is 1. The number of benzene rings is 1. The van der Waals surface area contributed by atoms with Gasteiger partial charge in [0, 0.05) is 13.1 Å². The maximum atomic E-state index is 12.8. The molecule has 1 amide bonds. The van der Waals surface area contributed by atoms with Crippen molar-refractivity contribution in [2.45, 2.75) is 19.4 Å². The largest absolute Gasteiger partial charge is 0.481 e. The van der Waals surface area contributed by atoms with Crippen molar-refractivity contribution >= 4 is 11.9 Å². The fourth-order valence-corrected chi connectivity index (χ4v) is 2.84. The Morgan fingerprint density at radius 3 is 2.79 bits per heavy atom. The SMILES string of the molecule is Cc1c(C(=O)N2CCOC(CC(=O)O)C2)cnn1-c1ccccc1. The molecule has 7 nitrogen and oxygen atoms in total. The first-order valence-electron chi connectivity index (χ1n) is 7.79. The number of morpholine rings is 1. The van der Waals surface area contributed by atoms with Gasteiger partial charge in [0.05, 0.1) is 42.3 Å². The van der Waals surface area contributed by atoms with Crippen LogP contribution in [0, 0.1) is 6.92 Å². The molecule has 1 unspecified atom stereocenters. The van der Waals surface area contributed by atoms with E-state index >= 15 is 0 Å². The molecule has 2 heterocycles. The molecule has 1 fully saturated rings. The summed E-state index contributed by atoms with van der Waals surface area (Å²) in [4.78, 5) is 25.2. The Kier molecular flexibility index (Phi) is 4.61. The Morgan fingerprint density at radius 1 is 1.33 bits per heavy atom. The van der Waals surface area contributed by atoms with Gasteiger partial charge in [0.25, 0.3) is 5.91 Å². The lowest BCUT2D eigenvalue weighted by molar-refractivity contribution is -0.141. The predicted octanol–water partition coefficient (Wildman–Crippen LogP) is 1.50. The fourth-order valence-electron chi connectivity index (χ4n) is 2.84. The molecule has 1 N–H and O–H groups in total. The number of carboxylic acids is 1. The second-order valence-electron chi connectivity index (χ2n) is 5.73. The quantitative estimate of drug-likeness (QED) is 0.919. The van der Waals surface area contributed by atoms with Crippen molar-refractivity contribution in [3.63, 3.8) is 0 Å². The number of aromatic nitrogens is 2. The highest BCUT2D eigenvalue weighted by atomic mass is 16.5. The van der Waals surface area contributed by atoms with E-state index in [-0.39, 0.29) is 18.9 Å². The van der Waals surface area contributed by atoms with Crippen LogP contribution in [-0.4, -0.2) is 57.5 Å². The summed E-state index contributed by atoms with van der Waals surface area (Å²) in [5.41, 5.74) is 2.17. The normalized spacial score (nSPS) is 17.7. The molecule has 1 saturated heterocycles.